The largest absolute Gasteiger partial charge is 0.292 e. The van der Waals surface area contributed by atoms with Gasteiger partial charge >= 0.3 is 0 Å². The molecule has 1 aromatic carbocycles. The zero-order valence-electron chi connectivity index (χ0n) is 12.5. The molecule has 1 heterocycles. The van der Waals surface area contributed by atoms with Gasteiger partial charge in [0.2, 0.25) is 0 Å². The van der Waals surface area contributed by atoms with Crippen LogP contribution in [0.5, 0.6) is 0 Å². The van der Waals surface area contributed by atoms with E-state index in [9.17, 15) is 9.18 Å². The Kier molecular flexibility index (Phi) is 5.26. The minimum Gasteiger partial charge on any atom is -0.292 e. The van der Waals surface area contributed by atoms with Crippen molar-refractivity contribution in [3.8, 4) is 0 Å². The van der Waals surface area contributed by atoms with E-state index in [4.69, 9.17) is 0 Å². The second kappa shape index (κ2) is 6.96. The number of hydrogen-bond donors (Lipinski definition) is 0. The molecular weight excluding hydrogens is 285 g/mol. The molecular formula is C17H20FNOS. The summed E-state index contributed by atoms with van der Waals surface area (Å²) >= 11 is 1.69. The molecule has 0 aliphatic carbocycles. The van der Waals surface area contributed by atoms with Gasteiger partial charge in [-0.25, -0.2) is 4.39 Å². The van der Waals surface area contributed by atoms with E-state index in [1.165, 1.54) is 17.0 Å². The Balaban J connectivity index is 2.15. The molecule has 0 radical (unpaired) electrons. The van der Waals surface area contributed by atoms with Crippen molar-refractivity contribution in [2.24, 2.45) is 0 Å². The third-order valence-electron chi connectivity index (χ3n) is 3.59. The van der Waals surface area contributed by atoms with Gasteiger partial charge < -0.3 is 0 Å². The smallest absolute Gasteiger partial charge is 0.179 e. The molecule has 21 heavy (non-hydrogen) atoms. The molecule has 1 unspecified atom stereocenters. The number of Topliss-reactive ketones (excluding diaryl/α,β-unsaturated/α-hetero) is 1. The highest BCUT2D eigenvalue weighted by Crippen LogP contribution is 2.19. The Labute approximate surface area is 129 Å². The number of halogens is 1. The highest BCUT2D eigenvalue weighted by Gasteiger charge is 2.25. The fourth-order valence-electron chi connectivity index (χ4n) is 2.36. The second-order valence-corrected chi connectivity index (χ2v) is 6.42. The molecule has 4 heteroatoms. The van der Waals surface area contributed by atoms with Gasteiger partial charge in [-0.05, 0) is 56.5 Å². The zero-order chi connectivity index (χ0) is 15.4. The lowest BCUT2D eigenvalue weighted by molar-refractivity contribution is 0.0775. The molecule has 0 bridgehead atoms. The van der Waals surface area contributed by atoms with Crippen molar-refractivity contribution in [1.82, 2.24) is 4.90 Å². The van der Waals surface area contributed by atoms with Crippen molar-refractivity contribution in [3.63, 3.8) is 0 Å². The Morgan fingerprint density at radius 3 is 2.38 bits per heavy atom. The molecule has 2 rings (SSSR count). The molecule has 0 N–H and O–H groups in total. The highest BCUT2D eigenvalue weighted by atomic mass is 32.1. The van der Waals surface area contributed by atoms with Crippen LogP contribution >= 0.6 is 11.3 Å². The van der Waals surface area contributed by atoms with Crippen molar-refractivity contribution in [2.45, 2.75) is 39.4 Å². The van der Waals surface area contributed by atoms with E-state index in [-0.39, 0.29) is 23.7 Å². The molecule has 2 nitrogen and oxygen atoms in total. The monoisotopic (exact) mass is 305 g/mol. The Hall–Kier alpha value is -1.52. The number of nitrogens with zero attached hydrogens (tertiary/aromatic N) is 1. The van der Waals surface area contributed by atoms with Gasteiger partial charge in [0.05, 0.1) is 6.04 Å². The summed E-state index contributed by atoms with van der Waals surface area (Å²) in [5.41, 5.74) is 0.556. The summed E-state index contributed by atoms with van der Waals surface area (Å²) in [7, 11) is 0. The van der Waals surface area contributed by atoms with E-state index in [2.05, 4.69) is 24.8 Å². The first kappa shape index (κ1) is 15.9. The van der Waals surface area contributed by atoms with Crippen LogP contribution < -0.4 is 0 Å². The van der Waals surface area contributed by atoms with E-state index in [0.29, 0.717) is 5.56 Å². The molecule has 0 saturated heterocycles. The summed E-state index contributed by atoms with van der Waals surface area (Å²) < 4.78 is 13.0. The van der Waals surface area contributed by atoms with Gasteiger partial charge in [-0.3, -0.25) is 9.69 Å². The Morgan fingerprint density at radius 1 is 1.19 bits per heavy atom. The zero-order valence-corrected chi connectivity index (χ0v) is 13.4. The number of thiophene rings is 1. The highest BCUT2D eigenvalue weighted by molar-refractivity contribution is 7.09. The van der Waals surface area contributed by atoms with Gasteiger partial charge in [-0.2, -0.15) is 0 Å². The summed E-state index contributed by atoms with van der Waals surface area (Å²) in [6.07, 6.45) is 0. The van der Waals surface area contributed by atoms with Gasteiger partial charge in [-0.1, -0.05) is 6.07 Å². The summed E-state index contributed by atoms with van der Waals surface area (Å²) in [4.78, 5) is 16.0. The summed E-state index contributed by atoms with van der Waals surface area (Å²) in [6, 6.07) is 9.89. The van der Waals surface area contributed by atoms with Gasteiger partial charge in [0.25, 0.3) is 0 Å². The molecule has 0 fully saturated rings. The first-order valence-corrected chi connectivity index (χ1v) is 7.95. The SMILES string of the molecule is CC(C)N(Cc1cccs1)C(C)C(=O)c1ccc(F)cc1. The number of carbonyl (C=O) groups excluding carboxylic acids is 1. The van der Waals surface area contributed by atoms with Crippen LogP contribution in [0.1, 0.15) is 36.0 Å². The first-order chi connectivity index (χ1) is 9.99. The van der Waals surface area contributed by atoms with Crippen LogP contribution in [-0.4, -0.2) is 22.8 Å². The van der Waals surface area contributed by atoms with Gasteiger partial charge in [-0.15, -0.1) is 11.3 Å². The van der Waals surface area contributed by atoms with Crippen molar-refractivity contribution < 1.29 is 9.18 Å². The van der Waals surface area contributed by atoms with Crippen molar-refractivity contribution in [2.75, 3.05) is 0 Å². The molecule has 112 valence electrons. The van der Waals surface area contributed by atoms with Gasteiger partial charge in [0, 0.05) is 23.0 Å². The number of benzene rings is 1. The maximum atomic E-state index is 13.0. The molecule has 0 saturated carbocycles. The predicted molar refractivity (Wildman–Crippen MR) is 85.2 cm³/mol. The van der Waals surface area contributed by atoms with E-state index in [1.54, 1.807) is 23.5 Å². The summed E-state index contributed by atoms with van der Waals surface area (Å²) in [6.45, 7) is 6.84. The van der Waals surface area contributed by atoms with Crippen LogP contribution in [0.15, 0.2) is 41.8 Å². The Morgan fingerprint density at radius 2 is 1.86 bits per heavy atom. The lowest BCUT2D eigenvalue weighted by Crippen LogP contribution is -2.42. The van der Waals surface area contributed by atoms with E-state index < -0.39 is 0 Å². The quantitative estimate of drug-likeness (QED) is 0.739. The van der Waals surface area contributed by atoms with Gasteiger partial charge in [0.15, 0.2) is 5.78 Å². The average Bonchev–Trinajstić information content (AvgIpc) is 2.97. The summed E-state index contributed by atoms with van der Waals surface area (Å²) in [5.74, 6) is -0.293. The molecule has 0 spiro atoms. The molecule has 1 atom stereocenters. The first-order valence-electron chi connectivity index (χ1n) is 7.07. The topological polar surface area (TPSA) is 20.3 Å². The maximum Gasteiger partial charge on any atom is 0.179 e. The van der Waals surface area contributed by atoms with Crippen molar-refractivity contribution in [3.05, 3.63) is 58.0 Å². The Bertz CT molecular complexity index is 577. The lowest BCUT2D eigenvalue weighted by atomic mass is 10.0. The predicted octanol–water partition coefficient (Wildman–Crippen LogP) is 4.37. The van der Waals surface area contributed by atoms with Crippen LogP contribution in [0.2, 0.25) is 0 Å². The molecule has 2 aromatic rings. The average molecular weight is 305 g/mol. The number of carbonyl (C=O) groups is 1. The van der Waals surface area contributed by atoms with Crippen LogP contribution in [0.25, 0.3) is 0 Å². The second-order valence-electron chi connectivity index (χ2n) is 5.39. The third-order valence-corrected chi connectivity index (χ3v) is 4.45. The third kappa shape index (κ3) is 3.99. The summed E-state index contributed by atoms with van der Waals surface area (Å²) in [5, 5.41) is 2.04. The van der Waals surface area contributed by atoms with Crippen molar-refractivity contribution in [1.29, 1.82) is 0 Å². The molecule has 0 aliphatic heterocycles. The van der Waals surface area contributed by atoms with Crippen molar-refractivity contribution >= 4 is 17.1 Å². The fraction of sp³-hybridized carbons (Fsp3) is 0.353. The van der Waals surface area contributed by atoms with Crippen LogP contribution in [0, 0.1) is 5.82 Å². The minimum absolute atomic E-state index is 0.0280. The number of hydrogen-bond acceptors (Lipinski definition) is 3. The molecule has 1 aromatic heterocycles. The van der Waals surface area contributed by atoms with E-state index in [0.717, 1.165) is 6.54 Å². The fourth-order valence-corrected chi connectivity index (χ4v) is 3.07. The van der Waals surface area contributed by atoms with Crippen LogP contribution in [0.4, 0.5) is 4.39 Å². The standard InChI is InChI=1S/C17H20FNOS/c1-12(2)19(11-16-5-4-10-21-16)13(3)17(20)14-6-8-15(18)9-7-14/h4-10,12-13H,11H2,1-3H3. The van der Waals surface area contributed by atoms with Gasteiger partial charge in [0.1, 0.15) is 5.82 Å². The molecule has 0 amide bonds. The van der Waals surface area contributed by atoms with Crippen LogP contribution in [0.3, 0.4) is 0 Å². The van der Waals surface area contributed by atoms with Crippen LogP contribution in [-0.2, 0) is 6.54 Å². The minimum atomic E-state index is -0.321. The molecule has 0 aliphatic rings. The van der Waals surface area contributed by atoms with E-state index in [1.807, 2.05) is 18.4 Å². The number of ketones is 1. The number of rotatable bonds is 6. The van der Waals surface area contributed by atoms with E-state index >= 15 is 0 Å². The lowest BCUT2D eigenvalue weighted by Gasteiger charge is -2.31. The maximum absolute atomic E-state index is 13.0. The normalized spacial score (nSPS) is 12.9.